The summed E-state index contributed by atoms with van der Waals surface area (Å²) in [6.45, 7) is 6.79. The molecule has 0 N–H and O–H groups in total. The molecule has 0 saturated heterocycles. The molecule has 1 aliphatic rings. The minimum atomic E-state index is 0.516. The van der Waals surface area contributed by atoms with Crippen LogP contribution in [0.1, 0.15) is 37.6 Å². The summed E-state index contributed by atoms with van der Waals surface area (Å²) in [6, 6.07) is 4.10. The molecular formula is C20H21N3O2S. The topological polar surface area (TPSA) is 49.2 Å². The SMILES string of the molecule is CCc1nn(-c2nccs2)c2c1COc1cc(OC)c(C=C(C)C)cc1-2. The number of aryl methyl sites for hydroxylation is 1. The molecule has 1 aliphatic heterocycles. The van der Waals surface area contributed by atoms with E-state index in [1.165, 1.54) is 5.57 Å². The Morgan fingerprint density at radius 2 is 2.23 bits per heavy atom. The maximum atomic E-state index is 6.05. The van der Waals surface area contributed by atoms with Gasteiger partial charge in [0.2, 0.25) is 5.13 Å². The van der Waals surface area contributed by atoms with Crippen molar-refractivity contribution in [3.63, 3.8) is 0 Å². The molecule has 1 aromatic carbocycles. The van der Waals surface area contributed by atoms with Gasteiger partial charge >= 0.3 is 0 Å². The monoisotopic (exact) mass is 367 g/mol. The molecule has 26 heavy (non-hydrogen) atoms. The molecular weight excluding hydrogens is 346 g/mol. The Morgan fingerprint density at radius 3 is 2.88 bits per heavy atom. The predicted molar refractivity (Wildman–Crippen MR) is 104 cm³/mol. The number of thiazole rings is 1. The summed E-state index contributed by atoms with van der Waals surface area (Å²) in [6.07, 6.45) is 4.79. The van der Waals surface area contributed by atoms with E-state index in [1.54, 1.807) is 18.4 Å². The number of benzene rings is 1. The summed E-state index contributed by atoms with van der Waals surface area (Å²) >= 11 is 1.58. The largest absolute Gasteiger partial charge is 0.496 e. The number of fused-ring (bicyclic) bond motifs is 3. The molecule has 0 radical (unpaired) electrons. The molecule has 0 bridgehead atoms. The van der Waals surface area contributed by atoms with Crippen LogP contribution in [-0.4, -0.2) is 21.9 Å². The number of allylic oxidation sites excluding steroid dienone is 1. The van der Waals surface area contributed by atoms with Gasteiger partial charge in [-0.15, -0.1) is 11.3 Å². The molecule has 3 aromatic rings. The Morgan fingerprint density at radius 1 is 1.38 bits per heavy atom. The van der Waals surface area contributed by atoms with Gasteiger partial charge in [0.05, 0.1) is 18.5 Å². The van der Waals surface area contributed by atoms with E-state index in [0.717, 1.165) is 51.1 Å². The molecule has 3 heterocycles. The zero-order valence-corrected chi connectivity index (χ0v) is 16.2. The van der Waals surface area contributed by atoms with Crippen molar-refractivity contribution in [2.24, 2.45) is 0 Å². The van der Waals surface area contributed by atoms with E-state index >= 15 is 0 Å². The second kappa shape index (κ2) is 6.61. The van der Waals surface area contributed by atoms with E-state index in [-0.39, 0.29) is 0 Å². The van der Waals surface area contributed by atoms with Gasteiger partial charge in [0.25, 0.3) is 0 Å². The third kappa shape index (κ3) is 2.70. The van der Waals surface area contributed by atoms with Gasteiger partial charge in [-0.1, -0.05) is 18.6 Å². The van der Waals surface area contributed by atoms with Crippen LogP contribution in [0.25, 0.3) is 22.5 Å². The summed E-state index contributed by atoms with van der Waals surface area (Å²) in [4.78, 5) is 4.46. The number of rotatable bonds is 4. The van der Waals surface area contributed by atoms with Gasteiger partial charge in [-0.05, 0) is 26.3 Å². The van der Waals surface area contributed by atoms with Crippen LogP contribution in [0, 0.1) is 0 Å². The van der Waals surface area contributed by atoms with E-state index in [1.807, 2.05) is 22.3 Å². The average Bonchev–Trinajstić information content (AvgIpc) is 3.27. The molecule has 0 atom stereocenters. The Labute approximate surface area is 156 Å². The zero-order chi connectivity index (χ0) is 18.3. The van der Waals surface area contributed by atoms with Crippen LogP contribution in [0.3, 0.4) is 0 Å². The number of hydrogen-bond acceptors (Lipinski definition) is 5. The first-order valence-electron chi connectivity index (χ1n) is 8.63. The van der Waals surface area contributed by atoms with Crippen LogP contribution in [0.5, 0.6) is 11.5 Å². The number of aromatic nitrogens is 3. The fraction of sp³-hybridized carbons (Fsp3) is 0.300. The molecule has 4 rings (SSSR count). The van der Waals surface area contributed by atoms with E-state index in [2.05, 4.69) is 37.9 Å². The van der Waals surface area contributed by atoms with E-state index < -0.39 is 0 Å². The smallest absolute Gasteiger partial charge is 0.210 e. The van der Waals surface area contributed by atoms with Crippen molar-refractivity contribution in [1.29, 1.82) is 0 Å². The normalized spacial score (nSPS) is 12.2. The first-order valence-corrected chi connectivity index (χ1v) is 9.51. The van der Waals surface area contributed by atoms with Crippen molar-refractivity contribution in [2.75, 3.05) is 7.11 Å². The summed E-state index contributed by atoms with van der Waals surface area (Å²) < 4.78 is 13.6. The molecule has 134 valence electrons. The van der Waals surface area contributed by atoms with Gasteiger partial charge in [-0.25, -0.2) is 9.67 Å². The molecule has 5 nitrogen and oxygen atoms in total. The van der Waals surface area contributed by atoms with Gasteiger partial charge in [0.15, 0.2) is 0 Å². The van der Waals surface area contributed by atoms with Crippen LogP contribution in [0.2, 0.25) is 0 Å². The Bertz CT molecular complexity index is 983. The van der Waals surface area contributed by atoms with Crippen LogP contribution in [0.15, 0.2) is 29.3 Å². The van der Waals surface area contributed by atoms with E-state index in [0.29, 0.717) is 6.61 Å². The van der Waals surface area contributed by atoms with Crippen LogP contribution >= 0.6 is 11.3 Å². The van der Waals surface area contributed by atoms with Gasteiger partial charge in [-0.2, -0.15) is 5.10 Å². The lowest BCUT2D eigenvalue weighted by molar-refractivity contribution is 0.298. The minimum absolute atomic E-state index is 0.516. The molecule has 0 amide bonds. The Kier molecular flexibility index (Phi) is 4.28. The minimum Gasteiger partial charge on any atom is -0.496 e. The van der Waals surface area contributed by atoms with Crippen LogP contribution in [0.4, 0.5) is 0 Å². The summed E-state index contributed by atoms with van der Waals surface area (Å²) in [5.41, 5.74) is 6.55. The maximum Gasteiger partial charge on any atom is 0.210 e. The summed E-state index contributed by atoms with van der Waals surface area (Å²) in [7, 11) is 1.69. The van der Waals surface area contributed by atoms with Gasteiger partial charge in [-0.3, -0.25) is 0 Å². The van der Waals surface area contributed by atoms with Crippen molar-refractivity contribution >= 4 is 17.4 Å². The fourth-order valence-electron chi connectivity index (χ4n) is 3.30. The molecule has 0 spiro atoms. The van der Waals surface area contributed by atoms with Gasteiger partial charge in [0, 0.05) is 34.3 Å². The number of methoxy groups -OCH3 is 1. The van der Waals surface area contributed by atoms with Gasteiger partial charge < -0.3 is 9.47 Å². The first-order chi connectivity index (χ1) is 12.6. The second-order valence-corrected chi connectivity index (χ2v) is 7.33. The molecule has 2 aromatic heterocycles. The van der Waals surface area contributed by atoms with Crippen molar-refractivity contribution in [3.05, 3.63) is 46.1 Å². The van der Waals surface area contributed by atoms with Crippen LogP contribution < -0.4 is 9.47 Å². The third-order valence-corrected chi connectivity index (χ3v) is 5.15. The third-order valence-electron chi connectivity index (χ3n) is 4.41. The van der Waals surface area contributed by atoms with Gasteiger partial charge in [0.1, 0.15) is 18.1 Å². The van der Waals surface area contributed by atoms with E-state index in [4.69, 9.17) is 14.6 Å². The Balaban J connectivity index is 1.99. The highest BCUT2D eigenvalue weighted by molar-refractivity contribution is 7.12. The highest BCUT2D eigenvalue weighted by Crippen LogP contribution is 2.44. The number of nitrogens with zero attached hydrogens (tertiary/aromatic N) is 3. The molecule has 0 unspecified atom stereocenters. The van der Waals surface area contributed by atoms with Crippen molar-refractivity contribution < 1.29 is 9.47 Å². The fourth-order valence-corrected chi connectivity index (χ4v) is 3.90. The lowest BCUT2D eigenvalue weighted by atomic mass is 9.98. The highest BCUT2D eigenvalue weighted by atomic mass is 32.1. The zero-order valence-electron chi connectivity index (χ0n) is 15.4. The Hall–Kier alpha value is -2.60. The van der Waals surface area contributed by atoms with Crippen molar-refractivity contribution in [1.82, 2.24) is 14.8 Å². The lowest BCUT2D eigenvalue weighted by Gasteiger charge is -2.21. The van der Waals surface area contributed by atoms with E-state index in [9.17, 15) is 0 Å². The highest BCUT2D eigenvalue weighted by Gasteiger charge is 2.28. The predicted octanol–water partition coefficient (Wildman–Crippen LogP) is 4.88. The molecule has 6 heteroatoms. The number of ether oxygens (including phenoxy) is 2. The maximum absolute atomic E-state index is 6.05. The van der Waals surface area contributed by atoms with Crippen molar-refractivity contribution in [3.8, 4) is 27.9 Å². The summed E-state index contributed by atoms with van der Waals surface area (Å²) in [5, 5.41) is 7.66. The molecule has 0 aliphatic carbocycles. The lowest BCUT2D eigenvalue weighted by Crippen LogP contribution is -2.09. The van der Waals surface area contributed by atoms with Crippen LogP contribution in [-0.2, 0) is 13.0 Å². The average molecular weight is 367 g/mol. The molecule has 0 fully saturated rings. The summed E-state index contributed by atoms with van der Waals surface area (Å²) in [5.74, 6) is 1.63. The van der Waals surface area contributed by atoms with Crippen molar-refractivity contribution in [2.45, 2.75) is 33.8 Å². The standard InChI is InChI=1S/C20H21N3O2S/c1-5-16-15-11-25-18-10-17(24-4)13(8-12(2)3)9-14(18)19(15)23(22-16)20-21-6-7-26-20/h6-10H,5,11H2,1-4H3. The first kappa shape index (κ1) is 16.8. The quantitative estimate of drug-likeness (QED) is 0.659. The molecule has 0 saturated carbocycles. The number of hydrogen-bond donors (Lipinski definition) is 0. The second-order valence-electron chi connectivity index (χ2n) is 6.45.